The van der Waals surface area contributed by atoms with Crippen LogP contribution < -0.4 is 5.73 Å². The molecule has 102 valence electrons. The Bertz CT molecular complexity index is 572. The van der Waals surface area contributed by atoms with Gasteiger partial charge in [-0.1, -0.05) is 6.92 Å². The summed E-state index contributed by atoms with van der Waals surface area (Å²) in [5.41, 5.74) is 5.11. The second-order valence-electron chi connectivity index (χ2n) is 4.04. The first-order valence-corrected chi connectivity index (χ1v) is 5.85. The molecule has 4 nitrogen and oxygen atoms in total. The molecule has 1 aromatic heterocycles. The lowest BCUT2D eigenvalue weighted by Gasteiger charge is -2.09. The Morgan fingerprint density at radius 1 is 1.16 bits per heavy atom. The number of nitrogens with two attached hydrogens (primary N) is 1. The van der Waals surface area contributed by atoms with Gasteiger partial charge in [0.05, 0.1) is 12.1 Å². The predicted octanol–water partition coefficient (Wildman–Crippen LogP) is 2.23. The zero-order valence-electron chi connectivity index (χ0n) is 10.3. The quantitative estimate of drug-likeness (QED) is 0.926. The van der Waals surface area contributed by atoms with Gasteiger partial charge in [-0.3, -0.25) is 0 Å². The maximum atomic E-state index is 13.7. The standard InChI is InChI=1S/C12H13F3N4/c1-2-3-19-10(6-16)17-18-12(19)11-8(14)4-7(13)5-9(11)15/h4-5H,2-3,6,16H2,1H3. The first kappa shape index (κ1) is 13.5. The van der Waals surface area contributed by atoms with Gasteiger partial charge in [0.2, 0.25) is 0 Å². The fourth-order valence-electron chi connectivity index (χ4n) is 1.89. The molecule has 0 saturated heterocycles. The smallest absolute Gasteiger partial charge is 0.169 e. The van der Waals surface area contributed by atoms with Gasteiger partial charge in [-0.25, -0.2) is 13.2 Å². The van der Waals surface area contributed by atoms with Crippen LogP contribution in [0.15, 0.2) is 12.1 Å². The number of aromatic nitrogens is 3. The molecule has 7 heteroatoms. The minimum Gasteiger partial charge on any atom is -0.324 e. The molecule has 0 unspecified atom stereocenters. The average Bonchev–Trinajstić information content (AvgIpc) is 2.72. The maximum absolute atomic E-state index is 13.7. The number of nitrogens with zero attached hydrogens (tertiary/aromatic N) is 3. The number of hydrogen-bond donors (Lipinski definition) is 1. The molecule has 2 rings (SSSR count). The summed E-state index contributed by atoms with van der Waals surface area (Å²) in [6.45, 7) is 2.49. The molecule has 1 heterocycles. The van der Waals surface area contributed by atoms with Gasteiger partial charge in [0.15, 0.2) is 5.82 Å². The molecular formula is C12H13F3N4. The van der Waals surface area contributed by atoms with Gasteiger partial charge >= 0.3 is 0 Å². The van der Waals surface area contributed by atoms with Crippen LogP contribution >= 0.6 is 0 Å². The number of benzene rings is 1. The van der Waals surface area contributed by atoms with Crippen LogP contribution in [0.5, 0.6) is 0 Å². The Kier molecular flexibility index (Phi) is 3.84. The van der Waals surface area contributed by atoms with Crippen molar-refractivity contribution in [3.8, 4) is 11.4 Å². The monoisotopic (exact) mass is 270 g/mol. The molecule has 19 heavy (non-hydrogen) atoms. The van der Waals surface area contributed by atoms with Gasteiger partial charge in [-0.15, -0.1) is 10.2 Å². The SMILES string of the molecule is CCCn1c(CN)nnc1-c1c(F)cc(F)cc1F. The topological polar surface area (TPSA) is 56.7 Å². The normalized spacial score (nSPS) is 11.0. The molecular weight excluding hydrogens is 257 g/mol. The van der Waals surface area contributed by atoms with Gasteiger partial charge in [-0.05, 0) is 6.42 Å². The van der Waals surface area contributed by atoms with Crippen molar-refractivity contribution in [3.05, 3.63) is 35.4 Å². The van der Waals surface area contributed by atoms with E-state index in [9.17, 15) is 13.2 Å². The predicted molar refractivity (Wildman–Crippen MR) is 63.5 cm³/mol. The van der Waals surface area contributed by atoms with Crippen molar-refractivity contribution in [1.29, 1.82) is 0 Å². The molecule has 0 fully saturated rings. The lowest BCUT2D eigenvalue weighted by molar-refractivity contribution is 0.543. The molecule has 0 aliphatic rings. The molecule has 0 aliphatic carbocycles. The van der Waals surface area contributed by atoms with Gasteiger partial charge in [0.25, 0.3) is 0 Å². The minimum absolute atomic E-state index is 0.0253. The molecule has 0 bridgehead atoms. The number of hydrogen-bond acceptors (Lipinski definition) is 3. The van der Waals surface area contributed by atoms with E-state index in [1.807, 2.05) is 6.92 Å². The van der Waals surface area contributed by atoms with Crippen LogP contribution in [-0.2, 0) is 13.1 Å². The molecule has 0 saturated carbocycles. The Morgan fingerprint density at radius 3 is 2.32 bits per heavy atom. The number of halogens is 3. The van der Waals surface area contributed by atoms with Crippen LogP contribution in [0.2, 0.25) is 0 Å². The number of rotatable bonds is 4. The van der Waals surface area contributed by atoms with E-state index < -0.39 is 17.5 Å². The van der Waals surface area contributed by atoms with Crippen molar-refractivity contribution in [1.82, 2.24) is 14.8 Å². The summed E-state index contributed by atoms with van der Waals surface area (Å²) >= 11 is 0. The molecule has 2 aromatic rings. The summed E-state index contributed by atoms with van der Waals surface area (Å²) in [6.07, 6.45) is 0.725. The van der Waals surface area contributed by atoms with Crippen LogP contribution in [0.4, 0.5) is 13.2 Å². The third-order valence-electron chi connectivity index (χ3n) is 2.69. The van der Waals surface area contributed by atoms with E-state index >= 15 is 0 Å². The maximum Gasteiger partial charge on any atom is 0.169 e. The fraction of sp³-hybridized carbons (Fsp3) is 0.333. The van der Waals surface area contributed by atoms with E-state index in [-0.39, 0.29) is 17.9 Å². The van der Waals surface area contributed by atoms with Gasteiger partial charge in [0, 0.05) is 18.7 Å². The summed E-state index contributed by atoms with van der Waals surface area (Å²) in [6, 6.07) is 1.23. The van der Waals surface area contributed by atoms with Crippen molar-refractivity contribution in [2.45, 2.75) is 26.4 Å². The van der Waals surface area contributed by atoms with Crippen molar-refractivity contribution in [3.63, 3.8) is 0 Å². The third-order valence-corrected chi connectivity index (χ3v) is 2.69. The summed E-state index contributed by atoms with van der Waals surface area (Å²) < 4.78 is 41.9. The van der Waals surface area contributed by atoms with E-state index in [2.05, 4.69) is 10.2 Å². The van der Waals surface area contributed by atoms with Crippen LogP contribution in [0, 0.1) is 17.5 Å². The van der Waals surface area contributed by atoms with E-state index in [0.717, 1.165) is 6.42 Å². The highest BCUT2D eigenvalue weighted by atomic mass is 19.1. The van der Waals surface area contributed by atoms with Crippen LogP contribution in [0.1, 0.15) is 19.2 Å². The van der Waals surface area contributed by atoms with Crippen molar-refractivity contribution >= 4 is 0 Å². The zero-order chi connectivity index (χ0) is 14.0. The Balaban J connectivity index is 2.62. The van der Waals surface area contributed by atoms with Gasteiger partial charge in [-0.2, -0.15) is 0 Å². The van der Waals surface area contributed by atoms with Crippen LogP contribution in [0.3, 0.4) is 0 Å². The zero-order valence-corrected chi connectivity index (χ0v) is 10.3. The minimum atomic E-state index is -1.01. The first-order chi connectivity index (χ1) is 9.08. The molecule has 0 amide bonds. The second kappa shape index (κ2) is 5.40. The average molecular weight is 270 g/mol. The van der Waals surface area contributed by atoms with Crippen molar-refractivity contribution in [2.75, 3.05) is 0 Å². The Morgan fingerprint density at radius 2 is 1.79 bits per heavy atom. The van der Waals surface area contributed by atoms with Crippen LogP contribution in [-0.4, -0.2) is 14.8 Å². The van der Waals surface area contributed by atoms with Crippen molar-refractivity contribution < 1.29 is 13.2 Å². The third kappa shape index (κ3) is 2.46. The molecule has 2 N–H and O–H groups in total. The highest BCUT2D eigenvalue weighted by molar-refractivity contribution is 5.57. The highest BCUT2D eigenvalue weighted by Gasteiger charge is 2.20. The molecule has 0 aliphatic heterocycles. The van der Waals surface area contributed by atoms with E-state index in [1.165, 1.54) is 0 Å². The Hall–Kier alpha value is -1.89. The summed E-state index contributed by atoms with van der Waals surface area (Å²) in [5.74, 6) is -2.53. The summed E-state index contributed by atoms with van der Waals surface area (Å²) in [5, 5.41) is 7.55. The highest BCUT2D eigenvalue weighted by Crippen LogP contribution is 2.26. The van der Waals surface area contributed by atoms with Crippen LogP contribution in [0.25, 0.3) is 11.4 Å². The van der Waals surface area contributed by atoms with Crippen molar-refractivity contribution in [2.24, 2.45) is 5.73 Å². The van der Waals surface area contributed by atoms with E-state index in [4.69, 9.17) is 5.73 Å². The fourth-order valence-corrected chi connectivity index (χ4v) is 1.89. The largest absolute Gasteiger partial charge is 0.324 e. The molecule has 1 aromatic carbocycles. The van der Waals surface area contributed by atoms with E-state index in [1.54, 1.807) is 4.57 Å². The second-order valence-corrected chi connectivity index (χ2v) is 4.04. The summed E-state index contributed by atoms with van der Waals surface area (Å²) in [4.78, 5) is 0. The van der Waals surface area contributed by atoms with E-state index in [0.29, 0.717) is 24.5 Å². The molecule has 0 radical (unpaired) electrons. The first-order valence-electron chi connectivity index (χ1n) is 5.85. The lowest BCUT2D eigenvalue weighted by Crippen LogP contribution is -2.10. The molecule has 0 spiro atoms. The lowest BCUT2D eigenvalue weighted by atomic mass is 10.1. The Labute approximate surface area is 108 Å². The van der Waals surface area contributed by atoms with Gasteiger partial charge in [0.1, 0.15) is 23.3 Å². The molecule has 0 atom stereocenters. The van der Waals surface area contributed by atoms with Gasteiger partial charge < -0.3 is 10.3 Å². The summed E-state index contributed by atoms with van der Waals surface area (Å²) in [7, 11) is 0.